The predicted octanol–water partition coefficient (Wildman–Crippen LogP) is 0.792. The van der Waals surface area contributed by atoms with Crippen LogP contribution in [-0.2, 0) is 4.74 Å². The fraction of sp³-hybridized carbons (Fsp3) is 0.667. The second-order valence-corrected chi connectivity index (χ2v) is 4.37. The molecule has 0 amide bonds. The Balaban J connectivity index is 1.72. The largest absolute Gasteiger partial charge is 0.379 e. The van der Waals surface area contributed by atoms with E-state index >= 15 is 0 Å². The van der Waals surface area contributed by atoms with Gasteiger partial charge < -0.3 is 15.4 Å². The SMILES string of the molecule is CNc1ncc(F)c(NCCCN2CCOCC2)n1. The molecule has 19 heavy (non-hydrogen) atoms. The first kappa shape index (κ1) is 14.0. The molecule has 0 aliphatic carbocycles. The van der Waals surface area contributed by atoms with E-state index in [1.807, 2.05) is 0 Å². The van der Waals surface area contributed by atoms with Crippen molar-refractivity contribution in [2.75, 3.05) is 57.1 Å². The minimum absolute atomic E-state index is 0.251. The van der Waals surface area contributed by atoms with Gasteiger partial charge in [-0.05, 0) is 13.0 Å². The summed E-state index contributed by atoms with van der Waals surface area (Å²) < 4.78 is 18.7. The maximum absolute atomic E-state index is 13.4. The van der Waals surface area contributed by atoms with Gasteiger partial charge >= 0.3 is 0 Å². The van der Waals surface area contributed by atoms with Crippen LogP contribution in [-0.4, -0.2) is 61.3 Å². The van der Waals surface area contributed by atoms with Crippen molar-refractivity contribution < 1.29 is 9.13 Å². The molecule has 0 aromatic carbocycles. The molecule has 0 unspecified atom stereocenters. The fourth-order valence-electron chi connectivity index (χ4n) is 1.95. The summed E-state index contributed by atoms with van der Waals surface area (Å²) in [7, 11) is 1.70. The van der Waals surface area contributed by atoms with Crippen molar-refractivity contribution in [3.63, 3.8) is 0 Å². The Hall–Kier alpha value is -1.47. The molecule has 106 valence electrons. The van der Waals surface area contributed by atoms with E-state index < -0.39 is 5.82 Å². The van der Waals surface area contributed by atoms with Gasteiger partial charge in [0.1, 0.15) is 0 Å². The van der Waals surface area contributed by atoms with Crippen molar-refractivity contribution in [3.8, 4) is 0 Å². The summed E-state index contributed by atoms with van der Waals surface area (Å²) in [5.41, 5.74) is 0. The average Bonchev–Trinajstić information content (AvgIpc) is 2.46. The Labute approximate surface area is 112 Å². The maximum Gasteiger partial charge on any atom is 0.224 e. The van der Waals surface area contributed by atoms with Gasteiger partial charge in [-0.3, -0.25) is 4.90 Å². The molecule has 1 aliphatic heterocycles. The van der Waals surface area contributed by atoms with Crippen LogP contribution in [0.15, 0.2) is 6.20 Å². The van der Waals surface area contributed by atoms with Crippen LogP contribution in [0.1, 0.15) is 6.42 Å². The third-order valence-electron chi connectivity index (χ3n) is 3.01. The molecule has 0 atom stereocenters. The summed E-state index contributed by atoms with van der Waals surface area (Å²) in [6, 6.07) is 0. The molecule has 1 aromatic heterocycles. The fourth-order valence-corrected chi connectivity index (χ4v) is 1.95. The van der Waals surface area contributed by atoms with Crippen LogP contribution in [0.4, 0.5) is 16.2 Å². The lowest BCUT2D eigenvalue weighted by atomic mass is 10.3. The normalized spacial score (nSPS) is 16.3. The first-order chi connectivity index (χ1) is 9.29. The standard InChI is InChI=1S/C12H20FN5O/c1-14-12-16-9-10(13)11(17-12)15-3-2-4-18-5-7-19-8-6-18/h9H,2-8H2,1H3,(H2,14,15,16,17). The monoisotopic (exact) mass is 269 g/mol. The van der Waals surface area contributed by atoms with E-state index in [2.05, 4.69) is 25.5 Å². The highest BCUT2D eigenvalue weighted by Crippen LogP contribution is 2.11. The van der Waals surface area contributed by atoms with Gasteiger partial charge in [0.25, 0.3) is 0 Å². The number of morpholine rings is 1. The van der Waals surface area contributed by atoms with E-state index in [1.54, 1.807) is 7.05 Å². The Kier molecular flexibility index (Phi) is 5.29. The van der Waals surface area contributed by atoms with Crippen LogP contribution in [0.5, 0.6) is 0 Å². The molecule has 0 saturated carbocycles. The lowest BCUT2D eigenvalue weighted by molar-refractivity contribution is 0.0378. The van der Waals surface area contributed by atoms with Crippen LogP contribution >= 0.6 is 0 Å². The van der Waals surface area contributed by atoms with Crippen molar-refractivity contribution in [2.45, 2.75) is 6.42 Å². The zero-order valence-corrected chi connectivity index (χ0v) is 11.2. The summed E-state index contributed by atoms with van der Waals surface area (Å²) >= 11 is 0. The van der Waals surface area contributed by atoms with Gasteiger partial charge in [0.2, 0.25) is 5.95 Å². The molecule has 2 N–H and O–H groups in total. The van der Waals surface area contributed by atoms with Crippen LogP contribution in [0, 0.1) is 5.82 Å². The number of rotatable bonds is 6. The predicted molar refractivity (Wildman–Crippen MR) is 71.9 cm³/mol. The summed E-state index contributed by atoms with van der Waals surface area (Å²) in [5.74, 6) is 0.240. The molecule has 2 rings (SSSR count). The molecule has 6 nitrogen and oxygen atoms in total. The molecule has 2 heterocycles. The van der Waals surface area contributed by atoms with E-state index in [0.29, 0.717) is 12.5 Å². The molecule has 1 aliphatic rings. The topological polar surface area (TPSA) is 62.3 Å². The van der Waals surface area contributed by atoms with Gasteiger partial charge in [0.15, 0.2) is 11.6 Å². The zero-order chi connectivity index (χ0) is 13.5. The minimum atomic E-state index is -0.426. The lowest BCUT2D eigenvalue weighted by Crippen LogP contribution is -2.37. The van der Waals surface area contributed by atoms with Gasteiger partial charge in [0, 0.05) is 26.7 Å². The van der Waals surface area contributed by atoms with E-state index in [-0.39, 0.29) is 5.82 Å². The van der Waals surface area contributed by atoms with Crippen LogP contribution in [0.2, 0.25) is 0 Å². The van der Waals surface area contributed by atoms with Crippen molar-refractivity contribution >= 4 is 11.8 Å². The van der Waals surface area contributed by atoms with Crippen LogP contribution in [0.3, 0.4) is 0 Å². The molecule has 0 bridgehead atoms. The number of halogens is 1. The molecule has 7 heteroatoms. The first-order valence-electron chi connectivity index (χ1n) is 6.54. The highest BCUT2D eigenvalue weighted by Gasteiger charge is 2.10. The summed E-state index contributed by atoms with van der Waals surface area (Å²) in [5, 5.41) is 5.79. The summed E-state index contributed by atoms with van der Waals surface area (Å²) in [4.78, 5) is 10.2. The van der Waals surface area contributed by atoms with E-state index in [1.165, 1.54) is 6.20 Å². The van der Waals surface area contributed by atoms with Gasteiger partial charge in [-0.25, -0.2) is 9.37 Å². The Bertz CT molecular complexity index is 398. The highest BCUT2D eigenvalue weighted by molar-refractivity contribution is 5.40. The smallest absolute Gasteiger partial charge is 0.224 e. The first-order valence-corrected chi connectivity index (χ1v) is 6.54. The van der Waals surface area contributed by atoms with Crippen molar-refractivity contribution in [2.24, 2.45) is 0 Å². The van der Waals surface area contributed by atoms with Crippen molar-refractivity contribution in [1.82, 2.24) is 14.9 Å². The van der Waals surface area contributed by atoms with Gasteiger partial charge in [0.05, 0.1) is 19.4 Å². The number of ether oxygens (including phenoxy) is 1. The van der Waals surface area contributed by atoms with Gasteiger partial charge in [-0.1, -0.05) is 0 Å². The number of nitrogens with zero attached hydrogens (tertiary/aromatic N) is 3. The second-order valence-electron chi connectivity index (χ2n) is 4.37. The Morgan fingerprint density at radius 3 is 2.95 bits per heavy atom. The third-order valence-corrected chi connectivity index (χ3v) is 3.01. The summed E-state index contributed by atoms with van der Waals surface area (Å²) in [6.07, 6.45) is 2.11. The number of hydrogen-bond acceptors (Lipinski definition) is 6. The Morgan fingerprint density at radius 1 is 1.42 bits per heavy atom. The zero-order valence-electron chi connectivity index (χ0n) is 11.2. The average molecular weight is 269 g/mol. The van der Waals surface area contributed by atoms with Crippen molar-refractivity contribution in [3.05, 3.63) is 12.0 Å². The van der Waals surface area contributed by atoms with E-state index in [0.717, 1.165) is 39.3 Å². The number of aromatic nitrogens is 2. The quantitative estimate of drug-likeness (QED) is 0.745. The van der Waals surface area contributed by atoms with E-state index in [9.17, 15) is 4.39 Å². The van der Waals surface area contributed by atoms with Crippen LogP contribution < -0.4 is 10.6 Å². The van der Waals surface area contributed by atoms with E-state index in [4.69, 9.17) is 4.74 Å². The highest BCUT2D eigenvalue weighted by atomic mass is 19.1. The van der Waals surface area contributed by atoms with Gasteiger partial charge in [-0.2, -0.15) is 4.98 Å². The molecular weight excluding hydrogens is 249 g/mol. The molecule has 1 aromatic rings. The van der Waals surface area contributed by atoms with Gasteiger partial charge in [-0.15, -0.1) is 0 Å². The molecule has 0 spiro atoms. The Morgan fingerprint density at radius 2 is 2.21 bits per heavy atom. The number of hydrogen-bond donors (Lipinski definition) is 2. The minimum Gasteiger partial charge on any atom is -0.379 e. The molecule has 1 saturated heterocycles. The van der Waals surface area contributed by atoms with Crippen molar-refractivity contribution in [1.29, 1.82) is 0 Å². The number of anilines is 2. The number of nitrogens with one attached hydrogen (secondary N) is 2. The maximum atomic E-state index is 13.4. The van der Waals surface area contributed by atoms with Crippen LogP contribution in [0.25, 0.3) is 0 Å². The molecular formula is C12H20FN5O. The summed E-state index contributed by atoms with van der Waals surface area (Å²) in [6.45, 7) is 5.24. The lowest BCUT2D eigenvalue weighted by Gasteiger charge is -2.26. The second kappa shape index (κ2) is 7.20. The third kappa shape index (κ3) is 4.29. The molecule has 0 radical (unpaired) electrons. The molecule has 1 fully saturated rings.